The number of fused-ring (bicyclic) bond motifs is 1. The predicted octanol–water partition coefficient (Wildman–Crippen LogP) is -0.584. The number of aliphatic hydroxyl groups excluding tert-OH is 5. The van der Waals surface area contributed by atoms with Crippen LogP contribution in [-0.4, -0.2) is 120 Å². The van der Waals surface area contributed by atoms with Crippen LogP contribution in [0, 0.1) is 0 Å². The molecule has 2 aliphatic heterocycles. The van der Waals surface area contributed by atoms with Crippen LogP contribution in [0.25, 0.3) is 22.3 Å². The van der Waals surface area contributed by atoms with E-state index in [-0.39, 0.29) is 33.8 Å². The minimum atomic E-state index is -1.84. The lowest BCUT2D eigenvalue weighted by Gasteiger charge is -2.44. The molecule has 2 aromatic carbocycles. The number of aliphatic hydroxyl groups is 5. The number of carbonyl (C=O) groups excluding carboxylic acids is 1. The molecule has 1 aromatic heterocycles. The summed E-state index contributed by atoms with van der Waals surface area (Å²) in [5.41, 5.74) is 0.109. The quantitative estimate of drug-likeness (QED) is 0.0906. The van der Waals surface area contributed by atoms with E-state index in [4.69, 9.17) is 28.1 Å². The number of esters is 1. The summed E-state index contributed by atoms with van der Waals surface area (Å²) in [5, 5.41) is 92.7. The number of rotatable bonds is 7. The SMILES string of the molecule is CC(=O)OCC1OC(Oc2cc3c(O)cc(O)cc3[o+]c2-c2ccc(O)c(O)c2)C(OC2OCC(O)C(O)C2O)C(O)C1O. The summed E-state index contributed by atoms with van der Waals surface area (Å²) in [5.74, 6) is -2.77. The predicted molar refractivity (Wildman–Crippen MR) is 143 cm³/mol. The molecule has 0 spiro atoms. The van der Waals surface area contributed by atoms with Crippen molar-refractivity contribution in [1.82, 2.24) is 0 Å². The normalized spacial score (nSPS) is 30.6. The molecule has 0 amide bonds. The molecule has 9 N–H and O–H groups in total. The largest absolute Gasteiger partial charge is 0.507 e. The van der Waals surface area contributed by atoms with Gasteiger partial charge < -0.3 is 69.6 Å². The van der Waals surface area contributed by atoms with E-state index in [0.717, 1.165) is 25.1 Å². The van der Waals surface area contributed by atoms with Crippen molar-refractivity contribution in [2.24, 2.45) is 0 Å². The van der Waals surface area contributed by atoms with Gasteiger partial charge in [0.15, 0.2) is 23.9 Å². The van der Waals surface area contributed by atoms with E-state index in [0.29, 0.717) is 0 Å². The molecular weight excluding hydrogens is 592 g/mol. The molecular formula is C28H31O16+. The van der Waals surface area contributed by atoms with Crippen molar-refractivity contribution >= 4 is 16.9 Å². The molecule has 238 valence electrons. The van der Waals surface area contributed by atoms with E-state index in [9.17, 15) is 50.8 Å². The molecule has 44 heavy (non-hydrogen) atoms. The highest BCUT2D eigenvalue weighted by Gasteiger charge is 2.51. The highest BCUT2D eigenvalue weighted by molar-refractivity contribution is 5.88. The summed E-state index contributed by atoms with van der Waals surface area (Å²) in [4.78, 5) is 11.4. The van der Waals surface area contributed by atoms with Gasteiger partial charge in [-0.2, -0.15) is 0 Å². The molecule has 0 bridgehead atoms. The third-order valence-corrected chi connectivity index (χ3v) is 7.14. The lowest BCUT2D eigenvalue weighted by Crippen LogP contribution is -2.64. The minimum absolute atomic E-state index is 0.0238. The fourth-order valence-corrected chi connectivity index (χ4v) is 4.80. The van der Waals surface area contributed by atoms with Crippen molar-refractivity contribution in [3.63, 3.8) is 0 Å². The Morgan fingerprint density at radius 2 is 1.64 bits per heavy atom. The second-order valence-electron chi connectivity index (χ2n) is 10.3. The molecule has 3 heterocycles. The summed E-state index contributed by atoms with van der Waals surface area (Å²) in [6.07, 6.45) is -14.8. The zero-order valence-electron chi connectivity index (χ0n) is 23.0. The zero-order chi connectivity index (χ0) is 31.9. The highest BCUT2D eigenvalue weighted by Crippen LogP contribution is 2.42. The smallest absolute Gasteiger partial charge is 0.402 e. The van der Waals surface area contributed by atoms with Gasteiger partial charge in [0, 0.05) is 25.1 Å². The number of ether oxygens (including phenoxy) is 5. The van der Waals surface area contributed by atoms with Crippen molar-refractivity contribution in [2.45, 2.75) is 62.2 Å². The third-order valence-electron chi connectivity index (χ3n) is 7.14. The van der Waals surface area contributed by atoms with Gasteiger partial charge >= 0.3 is 17.3 Å². The Morgan fingerprint density at radius 3 is 2.34 bits per heavy atom. The van der Waals surface area contributed by atoms with Crippen LogP contribution in [0.15, 0.2) is 40.8 Å². The lowest BCUT2D eigenvalue weighted by molar-refractivity contribution is -0.345. The Hall–Kier alpha value is -4.00. The summed E-state index contributed by atoms with van der Waals surface area (Å²) in [6, 6.07) is 7.15. The Morgan fingerprint density at radius 1 is 0.886 bits per heavy atom. The third kappa shape index (κ3) is 6.28. The molecule has 9 atom stereocenters. The Balaban J connectivity index is 1.57. The molecule has 3 aromatic rings. The van der Waals surface area contributed by atoms with Gasteiger partial charge in [-0.25, -0.2) is 4.42 Å². The molecule has 2 fully saturated rings. The van der Waals surface area contributed by atoms with Crippen molar-refractivity contribution in [3.8, 4) is 40.1 Å². The van der Waals surface area contributed by atoms with Crippen LogP contribution in [0.1, 0.15) is 6.92 Å². The van der Waals surface area contributed by atoms with E-state index in [1.54, 1.807) is 0 Å². The van der Waals surface area contributed by atoms with E-state index in [2.05, 4.69) is 0 Å². The van der Waals surface area contributed by atoms with Crippen LogP contribution in [0.3, 0.4) is 0 Å². The molecule has 0 radical (unpaired) electrons. The first-order valence-electron chi connectivity index (χ1n) is 13.3. The first kappa shape index (κ1) is 31.4. The van der Waals surface area contributed by atoms with Crippen molar-refractivity contribution in [3.05, 3.63) is 36.4 Å². The molecule has 0 saturated carbocycles. The maximum Gasteiger partial charge on any atom is 0.402 e. The number of phenolic OH excluding ortho intramolecular Hbond substituents is 4. The minimum Gasteiger partial charge on any atom is -0.507 e. The van der Waals surface area contributed by atoms with Crippen molar-refractivity contribution in [2.75, 3.05) is 13.2 Å². The molecule has 2 aliphatic rings. The maximum absolute atomic E-state index is 11.4. The highest BCUT2D eigenvalue weighted by atomic mass is 16.8. The summed E-state index contributed by atoms with van der Waals surface area (Å²) in [6.45, 7) is 0.154. The molecule has 0 aliphatic carbocycles. The Bertz CT molecular complexity index is 1510. The second-order valence-corrected chi connectivity index (χ2v) is 10.3. The fraction of sp³-hybridized carbons (Fsp3) is 0.429. The van der Waals surface area contributed by atoms with Gasteiger partial charge in [-0.15, -0.1) is 0 Å². The average Bonchev–Trinajstić information content (AvgIpc) is 2.97. The van der Waals surface area contributed by atoms with Crippen molar-refractivity contribution in [1.29, 1.82) is 0 Å². The van der Waals surface area contributed by atoms with Crippen LogP contribution in [0.2, 0.25) is 0 Å². The number of aromatic hydroxyl groups is 4. The van der Waals surface area contributed by atoms with E-state index in [1.165, 1.54) is 18.2 Å². The van der Waals surface area contributed by atoms with Gasteiger partial charge in [-0.1, -0.05) is 0 Å². The summed E-state index contributed by atoms with van der Waals surface area (Å²) >= 11 is 0. The van der Waals surface area contributed by atoms with Crippen LogP contribution in [0.4, 0.5) is 0 Å². The van der Waals surface area contributed by atoms with Gasteiger partial charge in [-0.3, -0.25) is 4.79 Å². The topological polar surface area (TPSA) is 257 Å². The molecule has 16 heteroatoms. The van der Waals surface area contributed by atoms with Gasteiger partial charge in [0.2, 0.25) is 12.0 Å². The van der Waals surface area contributed by atoms with Gasteiger partial charge in [0.05, 0.1) is 18.2 Å². The number of benzene rings is 2. The van der Waals surface area contributed by atoms with Crippen LogP contribution in [-0.2, 0) is 23.7 Å². The first-order chi connectivity index (χ1) is 20.8. The lowest BCUT2D eigenvalue weighted by atomic mass is 9.98. The number of phenols is 4. The van der Waals surface area contributed by atoms with E-state index >= 15 is 0 Å². The zero-order valence-corrected chi connectivity index (χ0v) is 23.0. The van der Waals surface area contributed by atoms with E-state index in [1.807, 2.05) is 0 Å². The number of hydrogen-bond acceptors (Lipinski definition) is 15. The van der Waals surface area contributed by atoms with Crippen LogP contribution >= 0.6 is 0 Å². The van der Waals surface area contributed by atoms with Gasteiger partial charge in [0.1, 0.15) is 60.1 Å². The number of hydrogen-bond donors (Lipinski definition) is 9. The number of carbonyl (C=O) groups is 1. The van der Waals surface area contributed by atoms with Crippen LogP contribution in [0.5, 0.6) is 28.7 Å². The summed E-state index contributed by atoms with van der Waals surface area (Å²) in [7, 11) is 0. The standard InChI is InChI=1S/C28H30O16/c1-10(29)39-9-20-22(36)23(37)26(44-27-24(38)21(35)17(34)8-40-27)28(43-20)42-19-7-13-15(32)5-12(30)6-18(13)41-25(19)11-2-3-14(31)16(33)4-11/h2-7,17,20-24,26-28,34-38H,8-9H2,1H3,(H3-,30,31,32,33)/p+1. The molecule has 16 nitrogen and oxygen atoms in total. The van der Waals surface area contributed by atoms with Crippen molar-refractivity contribution < 1.29 is 78.9 Å². The molecule has 2 saturated heterocycles. The summed E-state index contributed by atoms with van der Waals surface area (Å²) < 4.78 is 33.8. The van der Waals surface area contributed by atoms with Gasteiger partial charge in [-0.05, 0) is 12.1 Å². The molecule has 5 rings (SSSR count). The Labute approximate surface area is 248 Å². The average molecular weight is 624 g/mol. The van der Waals surface area contributed by atoms with Crippen LogP contribution < -0.4 is 4.74 Å². The first-order valence-corrected chi connectivity index (χ1v) is 13.3. The molecule has 9 unspecified atom stereocenters. The van der Waals surface area contributed by atoms with E-state index < -0.39 is 91.7 Å². The monoisotopic (exact) mass is 623 g/mol. The second kappa shape index (κ2) is 12.5. The Kier molecular flexibility index (Phi) is 8.96. The van der Waals surface area contributed by atoms with Gasteiger partial charge in [0.25, 0.3) is 0 Å². The fourth-order valence-electron chi connectivity index (χ4n) is 4.80. The maximum atomic E-state index is 11.4.